The molecule has 2 atom stereocenters. The van der Waals surface area contributed by atoms with Crippen LogP contribution in [-0.4, -0.2) is 39.5 Å². The molecule has 0 radical (unpaired) electrons. The van der Waals surface area contributed by atoms with Crippen molar-refractivity contribution >= 4 is 27.8 Å². The Hall–Kier alpha value is -1.43. The number of hydrogen-bond acceptors (Lipinski definition) is 3. The number of likely N-dealkylation sites (tertiary alicyclic amines) is 1. The van der Waals surface area contributed by atoms with Crippen LogP contribution in [0.1, 0.15) is 23.8 Å². The van der Waals surface area contributed by atoms with E-state index in [4.69, 9.17) is 0 Å². The number of amides is 1. The maximum atomic E-state index is 12.2. The van der Waals surface area contributed by atoms with Crippen LogP contribution in [0.5, 0.6) is 0 Å². The molecule has 2 heterocycles. The van der Waals surface area contributed by atoms with E-state index in [0.29, 0.717) is 17.6 Å². The molecule has 0 saturated carbocycles. The lowest BCUT2D eigenvalue weighted by Crippen LogP contribution is -2.43. The fourth-order valence-electron chi connectivity index (χ4n) is 2.23. The van der Waals surface area contributed by atoms with Gasteiger partial charge in [-0.05, 0) is 40.4 Å². The molecule has 1 aromatic rings. The van der Waals surface area contributed by atoms with Gasteiger partial charge in [-0.3, -0.25) is 4.79 Å². The molecule has 96 valence electrons. The minimum Gasteiger partial charge on any atom is -0.480 e. The van der Waals surface area contributed by atoms with E-state index in [1.54, 1.807) is 18.2 Å². The quantitative estimate of drug-likeness (QED) is 0.845. The molecule has 0 spiro atoms. The Morgan fingerprint density at radius 1 is 1.50 bits per heavy atom. The molecule has 2 unspecified atom stereocenters. The summed E-state index contributed by atoms with van der Waals surface area (Å²) in [4.78, 5) is 28.9. The molecule has 1 aromatic heterocycles. The van der Waals surface area contributed by atoms with Crippen molar-refractivity contribution in [2.24, 2.45) is 5.92 Å². The molecule has 1 fully saturated rings. The third-order valence-electron chi connectivity index (χ3n) is 3.15. The first kappa shape index (κ1) is 13.0. The summed E-state index contributed by atoms with van der Waals surface area (Å²) in [6.45, 7) is 2.31. The van der Waals surface area contributed by atoms with E-state index in [-0.39, 0.29) is 17.5 Å². The van der Waals surface area contributed by atoms with Crippen LogP contribution in [0, 0.1) is 5.92 Å². The van der Waals surface area contributed by atoms with Crippen LogP contribution in [0.15, 0.2) is 22.8 Å². The fraction of sp³-hybridized carbons (Fsp3) is 0.417. The summed E-state index contributed by atoms with van der Waals surface area (Å²) in [6.07, 6.45) is 0.705. The van der Waals surface area contributed by atoms with Crippen molar-refractivity contribution < 1.29 is 14.7 Å². The van der Waals surface area contributed by atoms with Crippen molar-refractivity contribution in [2.75, 3.05) is 6.54 Å². The van der Waals surface area contributed by atoms with Crippen molar-refractivity contribution in [3.05, 3.63) is 28.5 Å². The summed E-state index contributed by atoms with van der Waals surface area (Å²) in [5, 5.41) is 9.18. The predicted molar refractivity (Wildman–Crippen MR) is 68.2 cm³/mol. The summed E-state index contributed by atoms with van der Waals surface area (Å²) in [6, 6.07) is 4.27. The maximum absolute atomic E-state index is 12.2. The van der Waals surface area contributed by atoms with Gasteiger partial charge in [-0.1, -0.05) is 13.0 Å². The molecule has 5 nitrogen and oxygen atoms in total. The molecule has 1 aliphatic heterocycles. The second-order valence-electron chi connectivity index (χ2n) is 4.39. The summed E-state index contributed by atoms with van der Waals surface area (Å²) in [5.74, 6) is -1.31. The van der Waals surface area contributed by atoms with Crippen molar-refractivity contribution in [1.82, 2.24) is 9.88 Å². The summed E-state index contributed by atoms with van der Waals surface area (Å²) in [7, 11) is 0. The van der Waals surface area contributed by atoms with E-state index in [1.165, 1.54) is 4.90 Å². The minimum atomic E-state index is -0.955. The summed E-state index contributed by atoms with van der Waals surface area (Å²) in [5.41, 5.74) is 0.268. The largest absolute Gasteiger partial charge is 0.480 e. The average Bonchev–Trinajstić information content (AvgIpc) is 2.70. The van der Waals surface area contributed by atoms with Crippen molar-refractivity contribution in [3.8, 4) is 0 Å². The van der Waals surface area contributed by atoms with Crippen LogP contribution in [0.25, 0.3) is 0 Å². The highest BCUT2D eigenvalue weighted by Gasteiger charge is 2.40. The number of hydrogen-bond donors (Lipinski definition) is 1. The van der Waals surface area contributed by atoms with Gasteiger partial charge in [0.2, 0.25) is 0 Å². The second kappa shape index (κ2) is 5.06. The van der Waals surface area contributed by atoms with Crippen LogP contribution in [-0.2, 0) is 4.79 Å². The molecule has 1 aliphatic rings. The lowest BCUT2D eigenvalue weighted by Gasteiger charge is -2.22. The molecule has 0 aromatic carbocycles. The number of pyridine rings is 1. The van der Waals surface area contributed by atoms with Crippen LogP contribution in [0.3, 0.4) is 0 Å². The number of carboxylic acids is 1. The van der Waals surface area contributed by atoms with Gasteiger partial charge >= 0.3 is 5.97 Å². The number of aromatic nitrogens is 1. The number of carboxylic acid groups (broad SMARTS) is 1. The number of rotatable bonds is 2. The minimum absolute atomic E-state index is 0.0291. The van der Waals surface area contributed by atoms with E-state index in [1.807, 2.05) is 6.92 Å². The van der Waals surface area contributed by atoms with E-state index < -0.39 is 12.0 Å². The Balaban J connectivity index is 2.26. The summed E-state index contributed by atoms with van der Waals surface area (Å²) >= 11 is 3.20. The van der Waals surface area contributed by atoms with Crippen molar-refractivity contribution in [1.29, 1.82) is 0 Å². The van der Waals surface area contributed by atoms with E-state index >= 15 is 0 Å². The lowest BCUT2D eigenvalue weighted by atomic mass is 10.0. The van der Waals surface area contributed by atoms with Gasteiger partial charge < -0.3 is 10.0 Å². The van der Waals surface area contributed by atoms with Crippen molar-refractivity contribution in [3.63, 3.8) is 0 Å². The highest BCUT2D eigenvalue weighted by atomic mass is 79.9. The van der Waals surface area contributed by atoms with Crippen LogP contribution >= 0.6 is 15.9 Å². The van der Waals surface area contributed by atoms with Gasteiger partial charge in [0.25, 0.3) is 5.91 Å². The molecule has 0 bridgehead atoms. The number of aliphatic carboxylic acids is 1. The Kier molecular flexibility index (Phi) is 3.65. The van der Waals surface area contributed by atoms with Gasteiger partial charge in [-0.15, -0.1) is 0 Å². The zero-order chi connectivity index (χ0) is 13.3. The topological polar surface area (TPSA) is 70.5 Å². The van der Waals surface area contributed by atoms with Gasteiger partial charge in [-0.25, -0.2) is 9.78 Å². The van der Waals surface area contributed by atoms with Gasteiger partial charge in [0.1, 0.15) is 16.3 Å². The molecular weight excluding hydrogens is 300 g/mol. The molecular formula is C12H13BrN2O3. The van der Waals surface area contributed by atoms with E-state index in [9.17, 15) is 14.7 Å². The number of carbonyl (C=O) groups excluding carboxylic acids is 1. The SMILES string of the molecule is CC1CCN(C(=O)c2cccc(Br)n2)C1C(=O)O. The highest BCUT2D eigenvalue weighted by Crippen LogP contribution is 2.25. The first-order valence-electron chi connectivity index (χ1n) is 5.67. The zero-order valence-electron chi connectivity index (χ0n) is 9.84. The predicted octanol–water partition coefficient (Wildman–Crippen LogP) is 1.78. The smallest absolute Gasteiger partial charge is 0.326 e. The lowest BCUT2D eigenvalue weighted by molar-refractivity contribution is -0.142. The molecule has 2 rings (SSSR count). The van der Waals surface area contributed by atoms with Gasteiger partial charge in [0.15, 0.2) is 0 Å². The third kappa shape index (κ3) is 2.38. The van der Waals surface area contributed by atoms with Crippen molar-refractivity contribution in [2.45, 2.75) is 19.4 Å². The number of nitrogens with zero attached hydrogens (tertiary/aromatic N) is 2. The third-order valence-corrected chi connectivity index (χ3v) is 3.59. The Morgan fingerprint density at radius 2 is 2.22 bits per heavy atom. The number of halogens is 1. The maximum Gasteiger partial charge on any atom is 0.326 e. The molecule has 18 heavy (non-hydrogen) atoms. The normalized spacial score (nSPS) is 23.1. The molecule has 1 saturated heterocycles. The number of carbonyl (C=O) groups is 2. The standard InChI is InChI=1S/C12H13BrN2O3/c1-7-5-6-15(10(7)12(17)18)11(16)8-3-2-4-9(13)14-8/h2-4,7,10H,5-6H2,1H3,(H,17,18). The highest BCUT2D eigenvalue weighted by molar-refractivity contribution is 9.10. The molecule has 6 heteroatoms. The zero-order valence-corrected chi connectivity index (χ0v) is 11.4. The second-order valence-corrected chi connectivity index (χ2v) is 5.21. The van der Waals surface area contributed by atoms with E-state index in [2.05, 4.69) is 20.9 Å². The average molecular weight is 313 g/mol. The Morgan fingerprint density at radius 3 is 2.83 bits per heavy atom. The first-order valence-corrected chi connectivity index (χ1v) is 6.46. The van der Waals surface area contributed by atoms with Gasteiger partial charge in [0.05, 0.1) is 0 Å². The summed E-state index contributed by atoms with van der Waals surface area (Å²) < 4.78 is 0.562. The van der Waals surface area contributed by atoms with Crippen LogP contribution in [0.4, 0.5) is 0 Å². The monoisotopic (exact) mass is 312 g/mol. The van der Waals surface area contributed by atoms with E-state index in [0.717, 1.165) is 0 Å². The first-order chi connectivity index (χ1) is 8.50. The van der Waals surface area contributed by atoms with Crippen LogP contribution in [0.2, 0.25) is 0 Å². The molecule has 1 amide bonds. The fourth-order valence-corrected chi connectivity index (χ4v) is 2.57. The Bertz CT molecular complexity index is 492. The van der Waals surface area contributed by atoms with Gasteiger partial charge in [0, 0.05) is 6.54 Å². The van der Waals surface area contributed by atoms with Gasteiger partial charge in [-0.2, -0.15) is 0 Å². The van der Waals surface area contributed by atoms with Crippen LogP contribution < -0.4 is 0 Å². The molecule has 0 aliphatic carbocycles. The Labute approximate surface area is 113 Å². The molecule has 1 N–H and O–H groups in total.